The third-order valence-corrected chi connectivity index (χ3v) is 8.24. The first-order chi connectivity index (χ1) is 13.4. The van der Waals surface area contributed by atoms with Crippen LogP contribution < -0.4 is 5.32 Å². The minimum Gasteiger partial charge on any atom is -0.352 e. The molecular weight excluding hydrogens is 394 g/mol. The molecule has 1 aromatic heterocycles. The largest absolute Gasteiger partial charge is 0.352 e. The summed E-state index contributed by atoms with van der Waals surface area (Å²) in [5.41, 5.74) is 2.31. The van der Waals surface area contributed by atoms with Gasteiger partial charge in [0.1, 0.15) is 4.21 Å². The summed E-state index contributed by atoms with van der Waals surface area (Å²) in [5.74, 6) is -0.136. The SMILES string of the molecule is CN(C)Cc1ccccc1CNC(=O)C1CCN(S(=O)(=O)c2cccs2)CC1. The van der Waals surface area contributed by atoms with Crippen molar-refractivity contribution in [2.75, 3.05) is 27.2 Å². The molecule has 0 aliphatic carbocycles. The summed E-state index contributed by atoms with van der Waals surface area (Å²) in [4.78, 5) is 14.7. The van der Waals surface area contributed by atoms with Crippen molar-refractivity contribution in [3.05, 3.63) is 52.9 Å². The van der Waals surface area contributed by atoms with Gasteiger partial charge in [0.2, 0.25) is 5.91 Å². The Morgan fingerprint density at radius 1 is 1.14 bits per heavy atom. The van der Waals surface area contributed by atoms with Crippen LogP contribution in [0.15, 0.2) is 46.0 Å². The van der Waals surface area contributed by atoms with Crippen molar-refractivity contribution in [3.63, 3.8) is 0 Å². The zero-order valence-electron chi connectivity index (χ0n) is 16.3. The van der Waals surface area contributed by atoms with E-state index in [4.69, 9.17) is 0 Å². The number of nitrogens with zero attached hydrogens (tertiary/aromatic N) is 2. The molecule has 28 heavy (non-hydrogen) atoms. The number of sulfonamides is 1. The molecule has 152 valence electrons. The molecule has 0 atom stereocenters. The van der Waals surface area contributed by atoms with E-state index in [1.165, 1.54) is 21.2 Å². The first-order valence-electron chi connectivity index (χ1n) is 9.41. The zero-order chi connectivity index (χ0) is 20.1. The highest BCUT2D eigenvalue weighted by molar-refractivity contribution is 7.91. The summed E-state index contributed by atoms with van der Waals surface area (Å²) in [5, 5.41) is 4.81. The highest BCUT2D eigenvalue weighted by Crippen LogP contribution is 2.26. The van der Waals surface area contributed by atoms with Crippen molar-refractivity contribution in [3.8, 4) is 0 Å². The van der Waals surface area contributed by atoms with Crippen molar-refractivity contribution >= 4 is 27.3 Å². The van der Waals surface area contributed by atoms with Crippen LogP contribution in [0.25, 0.3) is 0 Å². The van der Waals surface area contributed by atoms with Crippen LogP contribution in [0.3, 0.4) is 0 Å². The fourth-order valence-electron chi connectivity index (χ4n) is 3.45. The number of piperidine rings is 1. The molecule has 0 saturated carbocycles. The third kappa shape index (κ3) is 5.00. The Hall–Kier alpha value is -1.74. The molecule has 1 saturated heterocycles. The normalized spacial score (nSPS) is 16.4. The van der Waals surface area contributed by atoms with E-state index in [1.807, 2.05) is 32.3 Å². The number of amides is 1. The highest BCUT2D eigenvalue weighted by Gasteiger charge is 2.32. The molecular formula is C20H27N3O3S2. The van der Waals surface area contributed by atoms with Gasteiger partial charge in [-0.3, -0.25) is 4.79 Å². The fraction of sp³-hybridized carbons (Fsp3) is 0.450. The van der Waals surface area contributed by atoms with Crippen LogP contribution in [0.5, 0.6) is 0 Å². The number of nitrogens with one attached hydrogen (secondary N) is 1. The van der Waals surface area contributed by atoms with Gasteiger partial charge in [-0.1, -0.05) is 30.3 Å². The molecule has 8 heteroatoms. The van der Waals surface area contributed by atoms with Crippen LogP contribution in [0.4, 0.5) is 0 Å². The van der Waals surface area contributed by atoms with Crippen LogP contribution in [-0.4, -0.2) is 50.7 Å². The summed E-state index contributed by atoms with van der Waals surface area (Å²) in [6.07, 6.45) is 1.10. The van der Waals surface area contributed by atoms with E-state index >= 15 is 0 Å². The van der Waals surface area contributed by atoms with E-state index in [2.05, 4.69) is 16.3 Å². The predicted molar refractivity (Wildman–Crippen MR) is 111 cm³/mol. The number of benzene rings is 1. The number of hydrogen-bond acceptors (Lipinski definition) is 5. The molecule has 6 nitrogen and oxygen atoms in total. The second-order valence-corrected chi connectivity index (χ2v) is 10.4. The van der Waals surface area contributed by atoms with Crippen molar-refractivity contribution in [1.29, 1.82) is 0 Å². The quantitative estimate of drug-likeness (QED) is 0.746. The average molecular weight is 422 g/mol. The number of thiophene rings is 1. The predicted octanol–water partition coefficient (Wildman–Crippen LogP) is 2.53. The Balaban J connectivity index is 1.54. The van der Waals surface area contributed by atoms with Gasteiger partial charge in [-0.2, -0.15) is 4.31 Å². The molecule has 0 spiro atoms. The van der Waals surface area contributed by atoms with Gasteiger partial charge in [-0.05, 0) is 49.5 Å². The molecule has 3 rings (SSSR count). The van der Waals surface area contributed by atoms with Crippen molar-refractivity contribution in [2.45, 2.75) is 30.1 Å². The first-order valence-corrected chi connectivity index (χ1v) is 11.7. The van der Waals surface area contributed by atoms with Crippen molar-refractivity contribution in [1.82, 2.24) is 14.5 Å². The van der Waals surface area contributed by atoms with Gasteiger partial charge in [-0.15, -0.1) is 11.3 Å². The first kappa shape index (κ1) is 21.0. The molecule has 1 amide bonds. The van der Waals surface area contributed by atoms with E-state index in [1.54, 1.807) is 17.5 Å². The zero-order valence-corrected chi connectivity index (χ0v) is 17.9. The Kier molecular flexibility index (Phi) is 6.87. The topological polar surface area (TPSA) is 69.7 Å². The lowest BCUT2D eigenvalue weighted by Gasteiger charge is -2.30. The highest BCUT2D eigenvalue weighted by atomic mass is 32.2. The molecule has 0 bridgehead atoms. The lowest BCUT2D eigenvalue weighted by Crippen LogP contribution is -2.42. The summed E-state index contributed by atoms with van der Waals surface area (Å²) >= 11 is 1.23. The van der Waals surface area contributed by atoms with E-state index < -0.39 is 10.0 Å². The standard InChI is InChI=1S/C20H27N3O3S2/c1-22(2)15-18-7-4-3-6-17(18)14-21-20(24)16-9-11-23(12-10-16)28(25,26)19-8-5-13-27-19/h3-8,13,16H,9-12,14-15H2,1-2H3,(H,21,24). The maximum atomic E-state index is 12.6. The number of carbonyl (C=O) groups excluding carboxylic acids is 1. The number of hydrogen-bond donors (Lipinski definition) is 1. The maximum absolute atomic E-state index is 12.6. The minimum absolute atomic E-state index is 0.00725. The average Bonchev–Trinajstić information content (AvgIpc) is 3.22. The van der Waals surface area contributed by atoms with Gasteiger partial charge in [-0.25, -0.2) is 8.42 Å². The van der Waals surface area contributed by atoms with Crippen LogP contribution in [-0.2, 0) is 27.9 Å². The van der Waals surface area contributed by atoms with E-state index in [0.29, 0.717) is 36.7 Å². The van der Waals surface area contributed by atoms with Crippen molar-refractivity contribution in [2.24, 2.45) is 5.92 Å². The van der Waals surface area contributed by atoms with Crippen molar-refractivity contribution < 1.29 is 13.2 Å². The Morgan fingerprint density at radius 2 is 1.82 bits per heavy atom. The van der Waals surface area contributed by atoms with E-state index in [-0.39, 0.29) is 11.8 Å². The number of rotatable bonds is 7. The smallest absolute Gasteiger partial charge is 0.252 e. The lowest BCUT2D eigenvalue weighted by molar-refractivity contribution is -0.126. The monoisotopic (exact) mass is 421 g/mol. The molecule has 0 radical (unpaired) electrons. The lowest BCUT2D eigenvalue weighted by atomic mass is 9.97. The molecule has 2 heterocycles. The molecule has 1 fully saturated rings. The molecule has 1 aromatic carbocycles. The van der Waals surface area contributed by atoms with Crippen LogP contribution in [0.1, 0.15) is 24.0 Å². The minimum atomic E-state index is -3.42. The second-order valence-electron chi connectivity index (χ2n) is 7.33. The summed E-state index contributed by atoms with van der Waals surface area (Å²) in [6, 6.07) is 11.5. The molecule has 1 aliphatic heterocycles. The van der Waals surface area contributed by atoms with Gasteiger partial charge in [0.15, 0.2) is 0 Å². The summed E-state index contributed by atoms with van der Waals surface area (Å²) in [6.45, 7) is 2.09. The van der Waals surface area contributed by atoms with Crippen LogP contribution in [0, 0.1) is 5.92 Å². The Labute approximate surface area is 171 Å². The molecule has 0 unspecified atom stereocenters. The van der Waals surface area contributed by atoms with E-state index in [9.17, 15) is 13.2 Å². The van der Waals surface area contributed by atoms with E-state index in [0.717, 1.165) is 12.1 Å². The van der Waals surface area contributed by atoms with Gasteiger partial charge >= 0.3 is 0 Å². The fourth-order valence-corrected chi connectivity index (χ4v) is 6.06. The van der Waals surface area contributed by atoms with Gasteiger partial charge in [0.25, 0.3) is 10.0 Å². The Morgan fingerprint density at radius 3 is 2.43 bits per heavy atom. The molecule has 1 aliphatic rings. The third-order valence-electron chi connectivity index (χ3n) is 4.97. The molecule has 1 N–H and O–H groups in total. The van der Waals surface area contributed by atoms with Gasteiger partial charge in [0, 0.05) is 32.1 Å². The van der Waals surface area contributed by atoms with Crippen LogP contribution >= 0.6 is 11.3 Å². The maximum Gasteiger partial charge on any atom is 0.252 e. The molecule has 2 aromatic rings. The summed E-state index contributed by atoms with van der Waals surface area (Å²) in [7, 11) is 0.618. The number of carbonyl (C=O) groups is 1. The van der Waals surface area contributed by atoms with Crippen LogP contribution in [0.2, 0.25) is 0 Å². The van der Waals surface area contributed by atoms with Gasteiger partial charge in [0.05, 0.1) is 0 Å². The summed E-state index contributed by atoms with van der Waals surface area (Å²) < 4.78 is 27.0. The van der Waals surface area contributed by atoms with Gasteiger partial charge < -0.3 is 10.2 Å². The Bertz CT molecular complexity index is 887. The second kappa shape index (κ2) is 9.17.